The van der Waals surface area contributed by atoms with E-state index >= 15 is 0 Å². The second-order valence-electron chi connectivity index (χ2n) is 6.50. The van der Waals surface area contributed by atoms with Crippen molar-refractivity contribution in [3.8, 4) is 0 Å². The van der Waals surface area contributed by atoms with Gasteiger partial charge in [-0.15, -0.1) is 0 Å². The lowest BCUT2D eigenvalue weighted by atomic mass is 9.92. The Morgan fingerprint density at radius 3 is 2.68 bits per heavy atom. The number of hydrogen-bond donors (Lipinski definition) is 2. The third kappa shape index (κ3) is 2.48. The highest BCUT2D eigenvalue weighted by Crippen LogP contribution is 2.47. The highest BCUT2D eigenvalue weighted by molar-refractivity contribution is 6.08. The van der Waals surface area contributed by atoms with Gasteiger partial charge in [0, 0.05) is 5.92 Å². The Balaban J connectivity index is 1.47. The molecular weight excluding hydrogens is 322 g/mol. The minimum absolute atomic E-state index is 0.00345. The average molecular weight is 339 g/mol. The van der Waals surface area contributed by atoms with E-state index in [1.807, 2.05) is 12.1 Å². The maximum atomic E-state index is 12.7. The lowest BCUT2D eigenvalue weighted by Gasteiger charge is -2.22. The zero-order valence-corrected chi connectivity index (χ0v) is 13.6. The van der Waals surface area contributed by atoms with E-state index in [-0.39, 0.29) is 17.7 Å². The van der Waals surface area contributed by atoms with Gasteiger partial charge in [0.1, 0.15) is 11.3 Å². The molecule has 128 valence electrons. The van der Waals surface area contributed by atoms with Crippen LogP contribution in [0.1, 0.15) is 30.6 Å². The Labute approximate surface area is 144 Å². The van der Waals surface area contributed by atoms with Crippen molar-refractivity contribution in [1.29, 1.82) is 0 Å². The highest BCUT2D eigenvalue weighted by atomic mass is 16.3. The largest absolute Gasteiger partial charge is 0.469 e. The maximum Gasteiger partial charge on any atom is 0.344 e. The van der Waals surface area contributed by atoms with Gasteiger partial charge in [-0.3, -0.25) is 15.0 Å². The molecule has 2 aromatic rings. The standard InChI is InChI=1S/C18H17N3O4/c1-18(11-6-3-2-4-7-11)16(23)21(17(24)19-18)20-15(22)13-10-12(13)14-8-5-9-25-14/h2-9,12-13H,10H2,1H3,(H,19,24)(H,20,22)/t12-,13-,18+/m0/s1. The van der Waals surface area contributed by atoms with Gasteiger partial charge >= 0.3 is 6.03 Å². The first-order valence-electron chi connectivity index (χ1n) is 8.07. The van der Waals surface area contributed by atoms with Crippen molar-refractivity contribution >= 4 is 17.8 Å². The zero-order chi connectivity index (χ0) is 17.6. The summed E-state index contributed by atoms with van der Waals surface area (Å²) in [6.07, 6.45) is 2.20. The van der Waals surface area contributed by atoms with E-state index in [9.17, 15) is 14.4 Å². The van der Waals surface area contributed by atoms with Crippen molar-refractivity contribution in [2.45, 2.75) is 24.8 Å². The fourth-order valence-electron chi connectivity index (χ4n) is 3.20. The average Bonchev–Trinajstić information content (AvgIpc) is 3.17. The van der Waals surface area contributed by atoms with Crippen molar-refractivity contribution in [2.75, 3.05) is 0 Å². The minimum atomic E-state index is -1.20. The molecule has 2 N–H and O–H groups in total. The SMILES string of the molecule is C[C@]1(c2ccccc2)NC(=O)N(NC(=O)[C@H]2C[C@@H]2c2ccco2)C1=O. The number of hydrazine groups is 1. The Bertz CT molecular complexity index is 833. The van der Waals surface area contributed by atoms with E-state index in [0.717, 1.165) is 10.8 Å². The zero-order valence-electron chi connectivity index (χ0n) is 13.6. The van der Waals surface area contributed by atoms with Crippen molar-refractivity contribution in [1.82, 2.24) is 15.8 Å². The maximum absolute atomic E-state index is 12.7. The molecule has 4 rings (SSSR count). The Morgan fingerprint density at radius 1 is 1.24 bits per heavy atom. The molecule has 3 atom stereocenters. The number of carbonyl (C=O) groups is 3. The molecule has 7 heteroatoms. The van der Waals surface area contributed by atoms with Gasteiger partial charge in [0.25, 0.3) is 5.91 Å². The van der Waals surface area contributed by atoms with E-state index in [0.29, 0.717) is 12.0 Å². The first kappa shape index (κ1) is 15.4. The van der Waals surface area contributed by atoms with Crippen LogP contribution < -0.4 is 10.7 Å². The fourth-order valence-corrected chi connectivity index (χ4v) is 3.20. The van der Waals surface area contributed by atoms with Gasteiger partial charge in [-0.05, 0) is 31.0 Å². The number of nitrogens with one attached hydrogen (secondary N) is 2. The van der Waals surface area contributed by atoms with E-state index in [4.69, 9.17) is 4.42 Å². The van der Waals surface area contributed by atoms with Gasteiger partial charge in [0.2, 0.25) is 5.91 Å². The summed E-state index contributed by atoms with van der Waals surface area (Å²) in [5.74, 6) is -0.424. The number of imide groups is 1. The van der Waals surface area contributed by atoms with Crippen molar-refractivity contribution < 1.29 is 18.8 Å². The molecule has 1 aromatic carbocycles. The summed E-state index contributed by atoms with van der Waals surface area (Å²) < 4.78 is 5.30. The van der Waals surface area contributed by atoms with E-state index < -0.39 is 17.5 Å². The van der Waals surface area contributed by atoms with Crippen LogP contribution in [-0.2, 0) is 15.1 Å². The van der Waals surface area contributed by atoms with Crippen LogP contribution in [0, 0.1) is 5.92 Å². The molecule has 2 fully saturated rings. The summed E-state index contributed by atoms with van der Waals surface area (Å²) >= 11 is 0. The monoisotopic (exact) mass is 339 g/mol. The first-order valence-corrected chi connectivity index (χ1v) is 8.07. The second kappa shape index (κ2) is 5.47. The fraction of sp³-hybridized carbons (Fsp3) is 0.278. The van der Waals surface area contributed by atoms with Crippen LogP contribution >= 0.6 is 0 Å². The molecule has 0 spiro atoms. The normalized spacial score (nSPS) is 28.0. The van der Waals surface area contributed by atoms with Crippen molar-refractivity contribution in [3.05, 3.63) is 60.1 Å². The van der Waals surface area contributed by atoms with Gasteiger partial charge in [0.05, 0.1) is 12.2 Å². The number of urea groups is 1. The topological polar surface area (TPSA) is 91.7 Å². The molecular formula is C18H17N3O4. The van der Waals surface area contributed by atoms with Crippen LogP contribution in [0.15, 0.2) is 53.1 Å². The lowest BCUT2D eigenvalue weighted by Crippen LogP contribution is -2.48. The van der Waals surface area contributed by atoms with Gasteiger partial charge in [0.15, 0.2) is 0 Å². The number of rotatable bonds is 4. The van der Waals surface area contributed by atoms with E-state index in [1.54, 1.807) is 43.5 Å². The molecule has 1 saturated heterocycles. The molecule has 0 unspecified atom stereocenters. The predicted molar refractivity (Wildman–Crippen MR) is 86.9 cm³/mol. The number of hydrogen-bond acceptors (Lipinski definition) is 4. The molecule has 1 saturated carbocycles. The van der Waals surface area contributed by atoms with Crippen LogP contribution in [-0.4, -0.2) is 22.9 Å². The molecule has 25 heavy (non-hydrogen) atoms. The quantitative estimate of drug-likeness (QED) is 0.832. The third-order valence-electron chi connectivity index (χ3n) is 4.80. The van der Waals surface area contributed by atoms with E-state index in [1.165, 1.54) is 0 Å². The van der Waals surface area contributed by atoms with Crippen LogP contribution in [0.25, 0.3) is 0 Å². The molecule has 7 nitrogen and oxygen atoms in total. The second-order valence-corrected chi connectivity index (χ2v) is 6.50. The van der Waals surface area contributed by atoms with Crippen LogP contribution in [0.4, 0.5) is 4.79 Å². The first-order chi connectivity index (χ1) is 12.0. The molecule has 1 aliphatic heterocycles. The van der Waals surface area contributed by atoms with Gasteiger partial charge < -0.3 is 9.73 Å². The van der Waals surface area contributed by atoms with E-state index in [2.05, 4.69) is 10.7 Å². The smallest absolute Gasteiger partial charge is 0.344 e. The Kier molecular flexibility index (Phi) is 3.38. The Hall–Kier alpha value is -3.09. The predicted octanol–water partition coefficient (Wildman–Crippen LogP) is 1.88. The molecule has 2 aliphatic rings. The summed E-state index contributed by atoms with van der Waals surface area (Å²) in [5, 5.41) is 3.42. The highest BCUT2D eigenvalue weighted by Gasteiger charge is 2.52. The third-order valence-corrected chi connectivity index (χ3v) is 4.80. The summed E-state index contributed by atoms with van der Waals surface area (Å²) in [6, 6.07) is 11.9. The van der Waals surface area contributed by atoms with Crippen LogP contribution in [0.2, 0.25) is 0 Å². The molecule has 2 heterocycles. The summed E-state index contributed by atoms with van der Waals surface area (Å²) in [5.41, 5.74) is 1.91. The number of furan rings is 1. The number of nitrogens with zero attached hydrogens (tertiary/aromatic N) is 1. The van der Waals surface area contributed by atoms with Crippen molar-refractivity contribution in [2.24, 2.45) is 5.92 Å². The molecule has 1 aliphatic carbocycles. The number of carbonyl (C=O) groups excluding carboxylic acids is 3. The van der Waals surface area contributed by atoms with Crippen LogP contribution in [0.3, 0.4) is 0 Å². The summed E-state index contributed by atoms with van der Waals surface area (Å²) in [7, 11) is 0. The van der Waals surface area contributed by atoms with Crippen LogP contribution in [0.5, 0.6) is 0 Å². The van der Waals surface area contributed by atoms with Crippen molar-refractivity contribution in [3.63, 3.8) is 0 Å². The molecule has 0 radical (unpaired) electrons. The molecule has 0 bridgehead atoms. The van der Waals surface area contributed by atoms with Gasteiger partial charge in [-0.1, -0.05) is 30.3 Å². The Morgan fingerprint density at radius 2 is 2.00 bits per heavy atom. The van der Waals surface area contributed by atoms with Gasteiger partial charge in [-0.25, -0.2) is 4.79 Å². The van der Waals surface area contributed by atoms with Gasteiger partial charge in [-0.2, -0.15) is 5.01 Å². The molecule has 4 amide bonds. The molecule has 1 aromatic heterocycles. The number of amides is 4. The summed E-state index contributed by atoms with van der Waals surface area (Å²) in [4.78, 5) is 37.3. The minimum Gasteiger partial charge on any atom is -0.469 e. The summed E-state index contributed by atoms with van der Waals surface area (Å²) in [6.45, 7) is 1.62. The lowest BCUT2D eigenvalue weighted by molar-refractivity contribution is -0.139. The number of benzene rings is 1.